The van der Waals surface area contributed by atoms with Gasteiger partial charge in [-0.3, -0.25) is 9.78 Å². The molecule has 0 amide bonds. The van der Waals surface area contributed by atoms with Crippen molar-refractivity contribution in [2.45, 2.75) is 32.6 Å². The molecule has 2 aromatic rings. The molecule has 2 aromatic heterocycles. The van der Waals surface area contributed by atoms with Crippen LogP contribution in [0.25, 0.3) is 0 Å². The van der Waals surface area contributed by atoms with Crippen LogP contribution in [0, 0.1) is 5.82 Å². The van der Waals surface area contributed by atoms with Crippen molar-refractivity contribution >= 4 is 17.1 Å². The first-order valence-electron chi connectivity index (χ1n) is 5.95. The summed E-state index contributed by atoms with van der Waals surface area (Å²) < 4.78 is 13.4. The third-order valence-corrected chi connectivity index (χ3v) is 3.55. The summed E-state index contributed by atoms with van der Waals surface area (Å²) in [7, 11) is 0. The monoisotopic (exact) mass is 278 g/mol. The first-order valence-corrected chi connectivity index (χ1v) is 6.83. The Morgan fingerprint density at radius 2 is 2.16 bits per heavy atom. The van der Waals surface area contributed by atoms with Gasteiger partial charge in [-0.25, -0.2) is 9.37 Å². The number of halogens is 1. The number of ketones is 1. The van der Waals surface area contributed by atoms with Gasteiger partial charge >= 0.3 is 0 Å². The van der Waals surface area contributed by atoms with E-state index in [4.69, 9.17) is 0 Å². The number of nitrogens with zero attached hydrogens (tertiary/aromatic N) is 2. The molecule has 2 rings (SSSR count). The molecule has 3 nitrogen and oxygen atoms in total. The molecule has 0 spiro atoms. The fraction of sp³-hybridized carbons (Fsp3) is 0.357. The van der Waals surface area contributed by atoms with Crippen molar-refractivity contribution in [3.63, 3.8) is 0 Å². The fourth-order valence-corrected chi connectivity index (χ4v) is 2.59. The molecule has 0 atom stereocenters. The van der Waals surface area contributed by atoms with Gasteiger partial charge in [0, 0.05) is 17.0 Å². The van der Waals surface area contributed by atoms with Gasteiger partial charge in [-0.1, -0.05) is 20.8 Å². The van der Waals surface area contributed by atoms with E-state index < -0.39 is 5.82 Å². The van der Waals surface area contributed by atoms with Gasteiger partial charge in [-0.15, -0.1) is 11.3 Å². The summed E-state index contributed by atoms with van der Waals surface area (Å²) in [6.07, 6.45) is 2.59. The Balaban J connectivity index is 2.16. The minimum Gasteiger partial charge on any atom is -0.294 e. The van der Waals surface area contributed by atoms with E-state index in [1.165, 1.54) is 23.6 Å². The Morgan fingerprint density at radius 3 is 2.74 bits per heavy atom. The molecule has 0 unspecified atom stereocenters. The quantitative estimate of drug-likeness (QED) is 0.808. The lowest BCUT2D eigenvalue weighted by atomic mass is 9.93. The van der Waals surface area contributed by atoms with Crippen LogP contribution in [0.15, 0.2) is 23.8 Å². The molecule has 0 aliphatic carbocycles. The Kier molecular flexibility index (Phi) is 3.75. The molecule has 0 fully saturated rings. The Labute approximate surface area is 115 Å². The van der Waals surface area contributed by atoms with E-state index in [-0.39, 0.29) is 23.2 Å². The number of carbonyl (C=O) groups is 1. The molecule has 0 aromatic carbocycles. The molecule has 0 aliphatic rings. The maximum Gasteiger partial charge on any atom is 0.172 e. The highest BCUT2D eigenvalue weighted by Gasteiger charge is 2.19. The summed E-state index contributed by atoms with van der Waals surface area (Å²) in [4.78, 5) is 20.1. The molecule has 0 N–H and O–H groups in total. The summed E-state index contributed by atoms with van der Waals surface area (Å²) >= 11 is 1.44. The van der Waals surface area contributed by atoms with Crippen LogP contribution in [-0.4, -0.2) is 15.8 Å². The molecular weight excluding hydrogens is 263 g/mol. The van der Waals surface area contributed by atoms with E-state index in [1.807, 2.05) is 5.38 Å². The number of carbonyl (C=O) groups excluding carboxylic acids is 1. The van der Waals surface area contributed by atoms with Crippen molar-refractivity contribution in [3.8, 4) is 0 Å². The molecule has 100 valence electrons. The van der Waals surface area contributed by atoms with Gasteiger partial charge in [0.05, 0.1) is 23.9 Å². The summed E-state index contributed by atoms with van der Waals surface area (Å²) in [6.45, 7) is 6.20. The lowest BCUT2D eigenvalue weighted by molar-refractivity contribution is 0.0989. The van der Waals surface area contributed by atoms with Crippen LogP contribution in [0.5, 0.6) is 0 Å². The van der Waals surface area contributed by atoms with E-state index >= 15 is 0 Å². The largest absolute Gasteiger partial charge is 0.294 e. The maximum absolute atomic E-state index is 13.4. The van der Waals surface area contributed by atoms with Crippen LogP contribution >= 0.6 is 11.3 Å². The smallest absolute Gasteiger partial charge is 0.172 e. The normalized spacial score (nSPS) is 11.6. The molecule has 0 saturated heterocycles. The van der Waals surface area contributed by atoms with Crippen molar-refractivity contribution in [2.24, 2.45) is 0 Å². The number of rotatable bonds is 3. The second-order valence-electron chi connectivity index (χ2n) is 5.33. The molecular formula is C14H15FN2OS. The minimum atomic E-state index is -0.583. The van der Waals surface area contributed by atoms with Gasteiger partial charge < -0.3 is 0 Å². The van der Waals surface area contributed by atoms with Crippen LogP contribution in [-0.2, 0) is 11.8 Å². The SMILES string of the molecule is CC(C)(C)c1csc(CC(=O)c2ccncc2F)n1. The third kappa shape index (κ3) is 3.23. The molecule has 2 heterocycles. The number of thiazole rings is 1. The van der Waals surface area contributed by atoms with Crippen molar-refractivity contribution in [1.82, 2.24) is 9.97 Å². The maximum atomic E-state index is 13.4. The van der Waals surface area contributed by atoms with Gasteiger partial charge in [0.2, 0.25) is 0 Å². The molecule has 0 bridgehead atoms. The zero-order valence-electron chi connectivity index (χ0n) is 11.1. The number of Topliss-reactive ketones (excluding diaryl/α,β-unsaturated/α-hetero) is 1. The Hall–Kier alpha value is -1.62. The van der Waals surface area contributed by atoms with Crippen molar-refractivity contribution in [1.29, 1.82) is 0 Å². The second-order valence-corrected chi connectivity index (χ2v) is 6.27. The standard InChI is InChI=1S/C14H15FN2OS/c1-14(2,3)12-8-19-13(17-12)6-11(18)9-4-5-16-7-10(9)15/h4-5,7-8H,6H2,1-3H3. The topological polar surface area (TPSA) is 42.9 Å². The van der Waals surface area contributed by atoms with Crippen LogP contribution in [0.2, 0.25) is 0 Å². The second kappa shape index (κ2) is 5.17. The minimum absolute atomic E-state index is 0.0419. The Bertz CT molecular complexity index is 601. The molecule has 0 aliphatic heterocycles. The van der Waals surface area contributed by atoms with Crippen molar-refractivity contribution in [2.75, 3.05) is 0 Å². The predicted molar refractivity (Wildman–Crippen MR) is 73.0 cm³/mol. The average Bonchev–Trinajstić information content (AvgIpc) is 2.77. The van der Waals surface area contributed by atoms with Crippen LogP contribution < -0.4 is 0 Å². The number of aromatic nitrogens is 2. The summed E-state index contributed by atoms with van der Waals surface area (Å²) in [5.74, 6) is -0.852. The van der Waals surface area contributed by atoms with Gasteiger partial charge in [-0.2, -0.15) is 0 Å². The lowest BCUT2D eigenvalue weighted by Gasteiger charge is -2.14. The first kappa shape index (κ1) is 13.8. The molecule has 0 saturated carbocycles. The highest BCUT2D eigenvalue weighted by atomic mass is 32.1. The zero-order valence-corrected chi connectivity index (χ0v) is 11.9. The summed E-state index contributed by atoms with van der Waals surface area (Å²) in [6, 6.07) is 1.40. The molecule has 0 radical (unpaired) electrons. The first-order chi connectivity index (χ1) is 8.88. The van der Waals surface area contributed by atoms with Gasteiger partial charge in [0.25, 0.3) is 0 Å². The van der Waals surface area contributed by atoms with E-state index in [2.05, 4.69) is 30.7 Å². The summed E-state index contributed by atoms with van der Waals surface area (Å²) in [5.41, 5.74) is 0.984. The zero-order chi connectivity index (χ0) is 14.0. The van der Waals surface area contributed by atoms with E-state index in [1.54, 1.807) is 0 Å². The lowest BCUT2D eigenvalue weighted by Crippen LogP contribution is -2.12. The van der Waals surface area contributed by atoms with Gasteiger partial charge in [0.1, 0.15) is 5.01 Å². The van der Waals surface area contributed by atoms with Crippen LogP contribution in [0.1, 0.15) is 41.8 Å². The van der Waals surface area contributed by atoms with E-state index in [0.717, 1.165) is 11.9 Å². The van der Waals surface area contributed by atoms with E-state index in [0.29, 0.717) is 5.01 Å². The van der Waals surface area contributed by atoms with Crippen LogP contribution in [0.3, 0.4) is 0 Å². The highest BCUT2D eigenvalue weighted by Crippen LogP contribution is 2.24. The highest BCUT2D eigenvalue weighted by molar-refractivity contribution is 7.09. The number of hydrogen-bond acceptors (Lipinski definition) is 4. The molecule has 19 heavy (non-hydrogen) atoms. The Morgan fingerprint density at radius 1 is 1.42 bits per heavy atom. The van der Waals surface area contributed by atoms with Crippen molar-refractivity contribution in [3.05, 3.63) is 45.9 Å². The van der Waals surface area contributed by atoms with Gasteiger partial charge in [0.15, 0.2) is 11.6 Å². The average molecular weight is 278 g/mol. The predicted octanol–water partition coefficient (Wildman–Crippen LogP) is 3.40. The van der Waals surface area contributed by atoms with E-state index in [9.17, 15) is 9.18 Å². The number of hydrogen-bond donors (Lipinski definition) is 0. The summed E-state index contributed by atoms with van der Waals surface area (Å²) in [5, 5.41) is 2.66. The molecule has 5 heteroatoms. The van der Waals surface area contributed by atoms with Crippen LogP contribution in [0.4, 0.5) is 4.39 Å². The fourth-order valence-electron chi connectivity index (χ4n) is 1.57. The van der Waals surface area contributed by atoms with Crippen molar-refractivity contribution < 1.29 is 9.18 Å². The third-order valence-electron chi connectivity index (χ3n) is 2.70. The number of pyridine rings is 1. The van der Waals surface area contributed by atoms with Gasteiger partial charge in [-0.05, 0) is 6.07 Å².